The topological polar surface area (TPSA) is 34.5 Å². The van der Waals surface area contributed by atoms with E-state index in [0.717, 1.165) is 0 Å². The van der Waals surface area contributed by atoms with E-state index < -0.39 is 0 Å². The van der Waals surface area contributed by atoms with Gasteiger partial charge in [-0.3, -0.25) is 4.79 Å². The highest BCUT2D eigenvalue weighted by atomic mass is 16.5. The van der Waals surface area contributed by atoms with Crippen LogP contribution in [0.1, 0.15) is 68.9 Å². The van der Waals surface area contributed by atoms with Crippen molar-refractivity contribution in [3.8, 4) is 0 Å². The normalized spacial score (nSPS) is 25.7. The first kappa shape index (κ1) is 18.2. The molecule has 0 N–H and O–H groups in total. The number of aryl methyl sites for hydroxylation is 1. The van der Waals surface area contributed by atoms with Crippen LogP contribution in [0.2, 0.25) is 0 Å². The van der Waals surface area contributed by atoms with Crippen LogP contribution in [-0.4, -0.2) is 40.7 Å². The van der Waals surface area contributed by atoms with E-state index in [-0.39, 0.29) is 18.1 Å². The number of carbonyl (C=O) groups is 1. The van der Waals surface area contributed by atoms with Crippen molar-refractivity contribution in [2.45, 2.75) is 78.0 Å². The number of ether oxygens (including phenoxy) is 1. The zero-order valence-electron chi connectivity index (χ0n) is 16.1. The molecule has 1 aliphatic heterocycles. The molecule has 1 aliphatic carbocycles. The zero-order valence-corrected chi connectivity index (χ0v) is 16.1. The van der Waals surface area contributed by atoms with Gasteiger partial charge in [0.25, 0.3) is 0 Å². The molecular weight excluding hydrogens is 312 g/mol. The second-order valence-corrected chi connectivity index (χ2v) is 7.81. The lowest BCUT2D eigenvalue weighted by Gasteiger charge is -2.36. The molecule has 1 saturated heterocycles. The third-order valence-corrected chi connectivity index (χ3v) is 5.76. The molecule has 4 heteroatoms. The molecule has 2 atom stereocenters. The molecule has 1 aromatic heterocycles. The summed E-state index contributed by atoms with van der Waals surface area (Å²) in [5.41, 5.74) is 3.77. The number of morpholine rings is 1. The van der Waals surface area contributed by atoms with Crippen molar-refractivity contribution in [3.05, 3.63) is 29.1 Å². The Bertz CT molecular complexity index is 641. The highest BCUT2D eigenvalue weighted by Gasteiger charge is 2.26. The Hall–Kier alpha value is -1.55. The molecular formula is C21H32N2O2. The monoisotopic (exact) mass is 344 g/mol. The van der Waals surface area contributed by atoms with Gasteiger partial charge < -0.3 is 14.2 Å². The quantitative estimate of drug-likeness (QED) is 0.768. The summed E-state index contributed by atoms with van der Waals surface area (Å²) in [7, 11) is 0. The summed E-state index contributed by atoms with van der Waals surface area (Å²) in [6.07, 6.45) is 10.4. The molecule has 4 nitrogen and oxygen atoms in total. The van der Waals surface area contributed by atoms with Crippen molar-refractivity contribution in [1.29, 1.82) is 0 Å². The zero-order chi connectivity index (χ0) is 18.0. The van der Waals surface area contributed by atoms with E-state index in [0.29, 0.717) is 19.2 Å². The Morgan fingerprint density at radius 1 is 1.20 bits per heavy atom. The molecule has 1 saturated carbocycles. The largest absolute Gasteiger partial charge is 0.375 e. The summed E-state index contributed by atoms with van der Waals surface area (Å²) in [5, 5.41) is 0. The molecule has 1 aromatic rings. The van der Waals surface area contributed by atoms with E-state index in [4.69, 9.17) is 4.74 Å². The van der Waals surface area contributed by atoms with Crippen molar-refractivity contribution < 1.29 is 9.53 Å². The summed E-state index contributed by atoms with van der Waals surface area (Å²) in [4.78, 5) is 14.5. The van der Waals surface area contributed by atoms with Crippen molar-refractivity contribution >= 4 is 12.0 Å². The maximum Gasteiger partial charge on any atom is 0.246 e. The number of carbonyl (C=O) groups excluding carboxylic acids is 1. The van der Waals surface area contributed by atoms with Crippen LogP contribution in [0.3, 0.4) is 0 Å². The van der Waals surface area contributed by atoms with Crippen LogP contribution in [0, 0.1) is 13.8 Å². The average Bonchev–Trinajstić information content (AvgIpc) is 2.89. The number of hydrogen-bond acceptors (Lipinski definition) is 2. The van der Waals surface area contributed by atoms with Gasteiger partial charge >= 0.3 is 0 Å². The van der Waals surface area contributed by atoms with E-state index in [1.165, 1.54) is 49.1 Å². The first-order valence-electron chi connectivity index (χ1n) is 9.76. The van der Waals surface area contributed by atoms with E-state index >= 15 is 0 Å². The minimum atomic E-state index is 0.0881. The van der Waals surface area contributed by atoms with E-state index in [1.807, 2.05) is 24.8 Å². The summed E-state index contributed by atoms with van der Waals surface area (Å²) >= 11 is 0. The summed E-state index contributed by atoms with van der Waals surface area (Å²) in [6, 6.07) is 2.99. The number of amides is 1. The predicted molar refractivity (Wildman–Crippen MR) is 102 cm³/mol. The van der Waals surface area contributed by atoms with E-state index in [2.05, 4.69) is 24.5 Å². The molecule has 25 heavy (non-hydrogen) atoms. The SMILES string of the molecule is Cc1cc(/C=C/C(=O)N2CC(C)OCC2C)c(C)n1C1CCCCC1. The fourth-order valence-electron chi connectivity index (χ4n) is 4.34. The van der Waals surface area contributed by atoms with Gasteiger partial charge in [-0.15, -0.1) is 0 Å². The Morgan fingerprint density at radius 2 is 1.92 bits per heavy atom. The summed E-state index contributed by atoms with van der Waals surface area (Å²) < 4.78 is 8.11. The molecule has 0 spiro atoms. The van der Waals surface area contributed by atoms with Gasteiger partial charge in [0.05, 0.1) is 18.8 Å². The number of hydrogen-bond donors (Lipinski definition) is 0. The minimum absolute atomic E-state index is 0.0881. The number of aromatic nitrogens is 1. The van der Waals surface area contributed by atoms with Crippen molar-refractivity contribution in [1.82, 2.24) is 9.47 Å². The molecule has 0 bridgehead atoms. The maximum atomic E-state index is 12.6. The minimum Gasteiger partial charge on any atom is -0.375 e. The van der Waals surface area contributed by atoms with Crippen molar-refractivity contribution in [2.24, 2.45) is 0 Å². The fraction of sp³-hybridized carbons (Fsp3) is 0.667. The molecule has 2 aliphatic rings. The predicted octanol–water partition coefficient (Wildman–Crippen LogP) is 4.26. The van der Waals surface area contributed by atoms with Gasteiger partial charge in [0, 0.05) is 30.1 Å². The van der Waals surface area contributed by atoms with E-state index in [9.17, 15) is 4.79 Å². The molecule has 1 amide bonds. The van der Waals surface area contributed by atoms with Gasteiger partial charge in [0.2, 0.25) is 5.91 Å². The van der Waals surface area contributed by atoms with Crippen LogP contribution < -0.4 is 0 Å². The molecule has 2 unspecified atom stereocenters. The van der Waals surface area contributed by atoms with Crippen LogP contribution in [0.4, 0.5) is 0 Å². The first-order valence-corrected chi connectivity index (χ1v) is 9.76. The van der Waals surface area contributed by atoms with Crippen LogP contribution in [0.15, 0.2) is 12.1 Å². The van der Waals surface area contributed by atoms with Gasteiger partial charge in [0.1, 0.15) is 0 Å². The van der Waals surface area contributed by atoms with Gasteiger partial charge in [0.15, 0.2) is 0 Å². The Labute approximate surface area is 151 Å². The standard InChI is InChI=1S/C21H32N2O2/c1-15-12-19(18(4)23(15)20-8-6-5-7-9-20)10-11-21(24)22-13-17(3)25-14-16(22)2/h10-12,16-17,20H,5-9,13-14H2,1-4H3/b11-10+. The van der Waals surface area contributed by atoms with Crippen LogP contribution in [0.5, 0.6) is 0 Å². The first-order chi connectivity index (χ1) is 12.0. The molecule has 3 rings (SSSR count). The Kier molecular flexibility index (Phi) is 5.67. The second kappa shape index (κ2) is 7.77. The summed E-state index contributed by atoms with van der Waals surface area (Å²) in [5.74, 6) is 0.0881. The molecule has 138 valence electrons. The highest BCUT2D eigenvalue weighted by molar-refractivity contribution is 5.92. The summed E-state index contributed by atoms with van der Waals surface area (Å²) in [6.45, 7) is 9.74. The van der Waals surface area contributed by atoms with Crippen LogP contribution in [-0.2, 0) is 9.53 Å². The molecule has 2 fully saturated rings. The van der Waals surface area contributed by atoms with Crippen LogP contribution in [0.25, 0.3) is 6.08 Å². The van der Waals surface area contributed by atoms with E-state index in [1.54, 1.807) is 6.08 Å². The second-order valence-electron chi connectivity index (χ2n) is 7.81. The van der Waals surface area contributed by atoms with Gasteiger partial charge in [-0.1, -0.05) is 19.3 Å². The number of nitrogens with zero attached hydrogens (tertiary/aromatic N) is 2. The lowest BCUT2D eigenvalue weighted by Crippen LogP contribution is -2.49. The van der Waals surface area contributed by atoms with Crippen molar-refractivity contribution in [3.63, 3.8) is 0 Å². The van der Waals surface area contributed by atoms with Crippen LogP contribution >= 0.6 is 0 Å². The number of rotatable bonds is 3. The fourth-order valence-corrected chi connectivity index (χ4v) is 4.34. The van der Waals surface area contributed by atoms with Gasteiger partial charge in [-0.05, 0) is 58.2 Å². The van der Waals surface area contributed by atoms with Gasteiger partial charge in [-0.2, -0.15) is 0 Å². The smallest absolute Gasteiger partial charge is 0.246 e. The molecule has 0 aromatic carbocycles. The maximum absolute atomic E-state index is 12.6. The third kappa shape index (κ3) is 4.00. The average molecular weight is 344 g/mol. The lowest BCUT2D eigenvalue weighted by molar-refractivity contribution is -0.137. The third-order valence-electron chi connectivity index (χ3n) is 5.76. The highest BCUT2D eigenvalue weighted by Crippen LogP contribution is 2.32. The molecule has 0 radical (unpaired) electrons. The van der Waals surface area contributed by atoms with Gasteiger partial charge in [-0.25, -0.2) is 0 Å². The Morgan fingerprint density at radius 3 is 2.64 bits per heavy atom. The lowest BCUT2D eigenvalue weighted by atomic mass is 9.95. The Balaban J connectivity index is 1.74. The molecule has 2 heterocycles. The van der Waals surface area contributed by atoms with Crippen molar-refractivity contribution in [2.75, 3.05) is 13.2 Å².